The van der Waals surface area contributed by atoms with E-state index >= 15 is 0 Å². The molecule has 0 radical (unpaired) electrons. The molecule has 0 atom stereocenters. The van der Waals surface area contributed by atoms with E-state index in [1.807, 2.05) is 0 Å². The maximum Gasteiger partial charge on any atom is 0.342 e. The van der Waals surface area contributed by atoms with Crippen molar-refractivity contribution >= 4 is 50.2 Å². The van der Waals surface area contributed by atoms with Crippen molar-refractivity contribution in [2.24, 2.45) is 5.92 Å². The van der Waals surface area contributed by atoms with Gasteiger partial charge in [-0.1, -0.05) is 30.9 Å². The van der Waals surface area contributed by atoms with E-state index in [-0.39, 0.29) is 22.8 Å². The fourth-order valence-electron chi connectivity index (χ4n) is 4.57. The van der Waals surface area contributed by atoms with Crippen LogP contribution in [0.15, 0.2) is 45.7 Å². The summed E-state index contributed by atoms with van der Waals surface area (Å²) in [5, 5.41) is 0.825. The van der Waals surface area contributed by atoms with Gasteiger partial charge in [0.05, 0.1) is 17.2 Å². The van der Waals surface area contributed by atoms with Crippen LogP contribution in [0.3, 0.4) is 0 Å². The van der Waals surface area contributed by atoms with Crippen LogP contribution < -0.4 is 4.31 Å². The highest BCUT2D eigenvalue weighted by molar-refractivity contribution is 7.93. The third-order valence-electron chi connectivity index (χ3n) is 6.38. The first-order chi connectivity index (χ1) is 16.6. The second-order valence-corrected chi connectivity index (χ2v) is 11.0. The van der Waals surface area contributed by atoms with Gasteiger partial charge in [0.2, 0.25) is 5.91 Å². The van der Waals surface area contributed by atoms with E-state index in [1.165, 1.54) is 30.3 Å². The minimum atomic E-state index is -4.27. The van der Waals surface area contributed by atoms with Gasteiger partial charge in [-0.05, 0) is 75.6 Å². The number of hydrogen-bond acceptors (Lipinski definition) is 6. The lowest BCUT2D eigenvalue weighted by molar-refractivity contribution is -0.122. The maximum absolute atomic E-state index is 13.9. The van der Waals surface area contributed by atoms with Gasteiger partial charge in [-0.15, -0.1) is 0 Å². The smallest absolute Gasteiger partial charge is 0.342 e. The van der Waals surface area contributed by atoms with Crippen molar-refractivity contribution < 1.29 is 27.2 Å². The average molecular weight is 518 g/mol. The first-order valence-corrected chi connectivity index (χ1v) is 13.5. The van der Waals surface area contributed by atoms with Gasteiger partial charge in [0.25, 0.3) is 10.0 Å². The number of carbonyl (C=O) groups excluding carboxylic acids is 2. The number of aryl methyl sites for hydroxylation is 2. The SMILES string of the molecule is CCOC(=O)c1c(C)oc2ccc(N(C(=O)C3CCCCC3)S(=O)(=O)c3ccc(Cl)c(C)c3)cc12. The Morgan fingerprint density at radius 2 is 1.80 bits per heavy atom. The predicted molar refractivity (Wildman–Crippen MR) is 134 cm³/mol. The van der Waals surface area contributed by atoms with Gasteiger partial charge in [0, 0.05) is 16.3 Å². The molecule has 1 aromatic heterocycles. The number of benzene rings is 2. The zero-order valence-corrected chi connectivity index (χ0v) is 21.5. The van der Waals surface area contributed by atoms with E-state index in [1.54, 1.807) is 26.8 Å². The van der Waals surface area contributed by atoms with Crippen LogP contribution in [-0.4, -0.2) is 26.9 Å². The summed E-state index contributed by atoms with van der Waals surface area (Å²) in [6.07, 6.45) is 4.03. The number of esters is 1. The van der Waals surface area contributed by atoms with Gasteiger partial charge in [0.1, 0.15) is 16.9 Å². The third-order valence-corrected chi connectivity index (χ3v) is 8.53. The highest BCUT2D eigenvalue weighted by Gasteiger charge is 2.36. The summed E-state index contributed by atoms with van der Waals surface area (Å²) in [6.45, 7) is 5.23. The van der Waals surface area contributed by atoms with Crippen LogP contribution in [0.2, 0.25) is 5.02 Å². The van der Waals surface area contributed by atoms with Crippen molar-refractivity contribution in [1.29, 1.82) is 0 Å². The number of halogens is 1. The number of furan rings is 1. The monoisotopic (exact) mass is 517 g/mol. The molecule has 0 saturated heterocycles. The number of sulfonamides is 1. The number of rotatable bonds is 6. The van der Waals surface area contributed by atoms with Gasteiger partial charge in [-0.25, -0.2) is 17.5 Å². The zero-order chi connectivity index (χ0) is 25.3. The van der Waals surface area contributed by atoms with Crippen molar-refractivity contribution in [2.45, 2.75) is 57.8 Å². The summed E-state index contributed by atoms with van der Waals surface area (Å²) in [5.41, 5.74) is 1.35. The molecule has 2 aromatic carbocycles. The molecule has 0 bridgehead atoms. The Kier molecular flexibility index (Phi) is 7.24. The van der Waals surface area contributed by atoms with Crippen LogP contribution >= 0.6 is 11.6 Å². The fraction of sp³-hybridized carbons (Fsp3) is 0.385. The normalized spacial score (nSPS) is 14.7. The van der Waals surface area contributed by atoms with Gasteiger partial charge in [-0.2, -0.15) is 0 Å². The molecule has 186 valence electrons. The molecule has 1 fully saturated rings. The maximum atomic E-state index is 13.9. The van der Waals surface area contributed by atoms with Crippen LogP contribution in [0.5, 0.6) is 0 Å². The minimum absolute atomic E-state index is 0.0300. The molecule has 9 heteroatoms. The molecular weight excluding hydrogens is 490 g/mol. The summed E-state index contributed by atoms with van der Waals surface area (Å²) in [4.78, 5) is 26.3. The molecule has 0 spiro atoms. The topological polar surface area (TPSA) is 93.9 Å². The molecule has 3 aromatic rings. The number of amides is 1. The molecule has 4 rings (SSSR count). The van der Waals surface area contributed by atoms with Crippen molar-refractivity contribution in [2.75, 3.05) is 10.9 Å². The van der Waals surface area contributed by atoms with Crippen LogP contribution in [0, 0.1) is 19.8 Å². The van der Waals surface area contributed by atoms with Crippen LogP contribution in [0.4, 0.5) is 5.69 Å². The van der Waals surface area contributed by atoms with E-state index < -0.39 is 27.8 Å². The Bertz CT molecular complexity index is 1390. The Balaban J connectivity index is 1.89. The number of fused-ring (bicyclic) bond motifs is 1. The fourth-order valence-corrected chi connectivity index (χ4v) is 6.25. The summed E-state index contributed by atoms with van der Waals surface area (Å²) < 4.78 is 39.5. The Morgan fingerprint density at radius 1 is 1.09 bits per heavy atom. The van der Waals surface area contributed by atoms with E-state index in [2.05, 4.69) is 0 Å². The molecule has 0 aliphatic heterocycles. The lowest BCUT2D eigenvalue weighted by Crippen LogP contribution is -2.41. The molecule has 35 heavy (non-hydrogen) atoms. The molecule has 1 aliphatic carbocycles. The van der Waals surface area contributed by atoms with E-state index in [9.17, 15) is 18.0 Å². The number of carbonyl (C=O) groups is 2. The van der Waals surface area contributed by atoms with Crippen LogP contribution in [0.1, 0.15) is 60.7 Å². The summed E-state index contributed by atoms with van der Waals surface area (Å²) >= 11 is 6.12. The molecule has 0 unspecified atom stereocenters. The second-order valence-electron chi connectivity index (χ2n) is 8.79. The highest BCUT2D eigenvalue weighted by atomic mass is 35.5. The van der Waals surface area contributed by atoms with E-state index in [4.69, 9.17) is 20.8 Å². The largest absolute Gasteiger partial charge is 0.462 e. The van der Waals surface area contributed by atoms with Gasteiger partial charge >= 0.3 is 5.97 Å². The number of nitrogens with zero attached hydrogens (tertiary/aromatic N) is 1. The number of hydrogen-bond donors (Lipinski definition) is 0. The lowest BCUT2D eigenvalue weighted by atomic mass is 9.88. The van der Waals surface area contributed by atoms with Crippen molar-refractivity contribution in [3.63, 3.8) is 0 Å². The molecule has 0 N–H and O–H groups in total. The van der Waals surface area contributed by atoms with Gasteiger partial charge < -0.3 is 9.15 Å². The van der Waals surface area contributed by atoms with Crippen LogP contribution in [0.25, 0.3) is 11.0 Å². The third kappa shape index (κ3) is 4.82. The van der Waals surface area contributed by atoms with Gasteiger partial charge in [0.15, 0.2) is 0 Å². The second kappa shape index (κ2) is 10.0. The number of ether oxygens (including phenoxy) is 1. The average Bonchev–Trinajstić information content (AvgIpc) is 3.16. The Labute approximate surface area is 210 Å². The summed E-state index contributed by atoms with van der Waals surface area (Å²) in [5.74, 6) is -1.09. The standard InChI is InChI=1S/C26H28ClNO6S/c1-4-33-26(30)24-17(3)34-23-13-10-19(15-21(23)24)28(25(29)18-8-6-5-7-9-18)35(31,32)20-11-12-22(27)16(2)14-20/h10-15,18H,4-9H2,1-3H3. The van der Waals surface area contributed by atoms with Crippen molar-refractivity contribution in [1.82, 2.24) is 0 Å². The van der Waals surface area contributed by atoms with Crippen molar-refractivity contribution in [3.05, 3.63) is 58.3 Å². The molecular formula is C26H28ClNO6S. The quantitative estimate of drug-likeness (QED) is 0.362. The minimum Gasteiger partial charge on any atom is -0.462 e. The lowest BCUT2D eigenvalue weighted by Gasteiger charge is -2.29. The molecule has 1 aliphatic rings. The van der Waals surface area contributed by atoms with E-state index in [0.717, 1.165) is 23.6 Å². The Morgan fingerprint density at radius 3 is 2.46 bits per heavy atom. The first-order valence-electron chi connectivity index (χ1n) is 11.7. The molecule has 1 saturated carbocycles. The molecule has 7 nitrogen and oxygen atoms in total. The number of anilines is 1. The summed E-state index contributed by atoms with van der Waals surface area (Å²) in [6, 6.07) is 8.98. The van der Waals surface area contributed by atoms with Gasteiger partial charge in [-0.3, -0.25) is 4.79 Å². The van der Waals surface area contributed by atoms with E-state index in [0.29, 0.717) is 40.2 Å². The van der Waals surface area contributed by atoms with Crippen LogP contribution in [-0.2, 0) is 19.6 Å². The highest BCUT2D eigenvalue weighted by Crippen LogP contribution is 2.36. The zero-order valence-electron chi connectivity index (χ0n) is 20.0. The Hall–Kier alpha value is -2.84. The summed E-state index contributed by atoms with van der Waals surface area (Å²) in [7, 11) is -4.27. The molecule has 1 amide bonds. The molecule has 1 heterocycles. The van der Waals surface area contributed by atoms with Crippen molar-refractivity contribution in [3.8, 4) is 0 Å². The first kappa shape index (κ1) is 25.3. The predicted octanol–water partition coefficient (Wildman–Crippen LogP) is 6.18.